The largest absolute Gasteiger partial charge is 0.462 e. The van der Waals surface area contributed by atoms with Gasteiger partial charge in [0.2, 0.25) is 0 Å². The molecule has 0 radical (unpaired) electrons. The Morgan fingerprint density at radius 1 is 0.256 bits per heavy atom. The van der Waals surface area contributed by atoms with E-state index in [2.05, 4.69) is 81.5 Å². The molecule has 478 valence electrons. The van der Waals surface area contributed by atoms with Crippen molar-refractivity contribution < 1.29 is 28.6 Å². The summed E-state index contributed by atoms with van der Waals surface area (Å²) in [7, 11) is 0. The third-order valence-electron chi connectivity index (χ3n) is 16.3. The van der Waals surface area contributed by atoms with Crippen molar-refractivity contribution >= 4 is 17.9 Å². The molecule has 0 aromatic rings. The van der Waals surface area contributed by atoms with Crippen molar-refractivity contribution in [1.29, 1.82) is 0 Å². The van der Waals surface area contributed by atoms with E-state index in [1.807, 2.05) is 0 Å². The lowest BCUT2D eigenvalue weighted by atomic mass is 10.0. The predicted octanol–water partition coefficient (Wildman–Crippen LogP) is 25.1. The number of esters is 3. The van der Waals surface area contributed by atoms with Crippen LogP contribution in [0.15, 0.2) is 60.8 Å². The van der Waals surface area contributed by atoms with Crippen molar-refractivity contribution in [2.75, 3.05) is 13.2 Å². The maximum Gasteiger partial charge on any atom is 0.306 e. The summed E-state index contributed by atoms with van der Waals surface area (Å²) in [5, 5.41) is 0. The van der Waals surface area contributed by atoms with E-state index in [0.717, 1.165) is 89.9 Å². The van der Waals surface area contributed by atoms with Crippen molar-refractivity contribution in [3.8, 4) is 0 Å². The van der Waals surface area contributed by atoms with Gasteiger partial charge in [-0.3, -0.25) is 14.4 Å². The third-order valence-corrected chi connectivity index (χ3v) is 16.3. The molecule has 0 aliphatic heterocycles. The number of carbonyl (C=O) groups is 3. The normalized spacial score (nSPS) is 12.4. The Morgan fingerprint density at radius 3 is 0.793 bits per heavy atom. The molecule has 6 nitrogen and oxygen atoms in total. The zero-order valence-corrected chi connectivity index (χ0v) is 55.0. The van der Waals surface area contributed by atoms with Crippen LogP contribution in [0.1, 0.15) is 387 Å². The first kappa shape index (κ1) is 79.1. The summed E-state index contributed by atoms with van der Waals surface area (Å²) < 4.78 is 17.0. The molecule has 0 aromatic heterocycles. The average Bonchev–Trinajstić information content (AvgIpc) is 3.47. The molecule has 0 rings (SSSR count). The smallest absolute Gasteiger partial charge is 0.306 e. The van der Waals surface area contributed by atoms with Crippen molar-refractivity contribution in [1.82, 2.24) is 0 Å². The van der Waals surface area contributed by atoms with Crippen LogP contribution in [0.2, 0.25) is 0 Å². The Balaban J connectivity index is 4.09. The average molecular weight is 1150 g/mol. The van der Waals surface area contributed by atoms with E-state index in [4.69, 9.17) is 14.2 Å². The Bertz CT molecular complexity index is 1460. The van der Waals surface area contributed by atoms with E-state index >= 15 is 0 Å². The van der Waals surface area contributed by atoms with Crippen LogP contribution >= 0.6 is 0 Å². The SMILES string of the molecule is CC/C=C\C/C=C\C/C=C\C/C=C\CCCCCCCCCCCCCCCCCCCCCCC(=O)OCC(COC(=O)CCCCCCC/C=C\CCCC)OC(=O)CCCCCCCCCCCCCCCCCCCCCC. The molecule has 82 heavy (non-hydrogen) atoms. The van der Waals surface area contributed by atoms with Gasteiger partial charge in [-0.1, -0.05) is 351 Å². The first-order valence-corrected chi connectivity index (χ1v) is 36.3. The second-order valence-electron chi connectivity index (χ2n) is 24.5. The van der Waals surface area contributed by atoms with E-state index in [1.54, 1.807) is 0 Å². The van der Waals surface area contributed by atoms with Crippen LogP contribution in [0.25, 0.3) is 0 Å². The van der Waals surface area contributed by atoms with Gasteiger partial charge < -0.3 is 14.2 Å². The molecule has 0 saturated heterocycles. The predicted molar refractivity (Wildman–Crippen MR) is 358 cm³/mol. The van der Waals surface area contributed by atoms with E-state index in [1.165, 1.54) is 257 Å². The molecule has 0 aliphatic rings. The highest BCUT2D eigenvalue weighted by Crippen LogP contribution is 2.19. The van der Waals surface area contributed by atoms with Gasteiger partial charge in [-0.05, 0) is 77.0 Å². The summed E-state index contributed by atoms with van der Waals surface area (Å²) in [6.07, 6.45) is 91.3. The first-order chi connectivity index (χ1) is 40.5. The molecule has 0 saturated carbocycles. The van der Waals surface area contributed by atoms with E-state index < -0.39 is 6.10 Å². The van der Waals surface area contributed by atoms with Crippen molar-refractivity contribution in [2.24, 2.45) is 0 Å². The standard InChI is InChI=1S/C76H138O6/c1-4-7-10-13-16-19-22-24-26-28-30-32-33-34-35-36-37-38-39-40-41-42-43-44-46-47-49-51-54-57-60-63-66-69-75(78)81-72-73(71-80-74(77)68-65-62-59-56-53-21-18-15-12-9-6-3)82-76(79)70-67-64-61-58-55-52-50-48-45-31-29-27-25-23-20-17-14-11-8-5-2/h7,10,15-16,18-19,24,26,30,32,73H,4-6,8-9,11-14,17,20-23,25,27-29,31,33-72H2,1-3H3/b10-7-,18-15-,19-16-,26-24-,32-30-. The number of ether oxygens (including phenoxy) is 3. The molecule has 0 aliphatic carbocycles. The van der Waals surface area contributed by atoms with E-state index in [-0.39, 0.29) is 31.1 Å². The summed E-state index contributed by atoms with van der Waals surface area (Å²) in [6, 6.07) is 0. The lowest BCUT2D eigenvalue weighted by molar-refractivity contribution is -0.167. The van der Waals surface area contributed by atoms with Crippen LogP contribution < -0.4 is 0 Å². The van der Waals surface area contributed by atoms with Gasteiger partial charge in [-0.2, -0.15) is 0 Å². The fourth-order valence-electron chi connectivity index (χ4n) is 10.8. The van der Waals surface area contributed by atoms with Gasteiger partial charge in [-0.15, -0.1) is 0 Å². The van der Waals surface area contributed by atoms with Gasteiger partial charge in [-0.25, -0.2) is 0 Å². The minimum atomic E-state index is -0.773. The number of allylic oxidation sites excluding steroid dienone is 10. The monoisotopic (exact) mass is 1150 g/mol. The minimum absolute atomic E-state index is 0.0701. The van der Waals surface area contributed by atoms with Crippen molar-refractivity contribution in [3.63, 3.8) is 0 Å². The number of hydrogen-bond acceptors (Lipinski definition) is 6. The second kappa shape index (κ2) is 70.6. The topological polar surface area (TPSA) is 78.9 Å². The van der Waals surface area contributed by atoms with Crippen molar-refractivity contribution in [3.05, 3.63) is 60.8 Å². The molecular formula is C76H138O6. The van der Waals surface area contributed by atoms with Crippen LogP contribution in [0.5, 0.6) is 0 Å². The van der Waals surface area contributed by atoms with Crippen LogP contribution in [-0.4, -0.2) is 37.2 Å². The molecule has 0 bridgehead atoms. The molecule has 1 atom stereocenters. The minimum Gasteiger partial charge on any atom is -0.462 e. The lowest BCUT2D eigenvalue weighted by Gasteiger charge is -2.18. The zero-order valence-electron chi connectivity index (χ0n) is 55.0. The molecular weight excluding hydrogens is 1010 g/mol. The summed E-state index contributed by atoms with van der Waals surface area (Å²) in [5.41, 5.74) is 0. The first-order valence-electron chi connectivity index (χ1n) is 36.3. The number of hydrogen-bond donors (Lipinski definition) is 0. The summed E-state index contributed by atoms with van der Waals surface area (Å²) in [4.78, 5) is 38.4. The molecule has 0 aromatic carbocycles. The molecule has 0 fully saturated rings. The van der Waals surface area contributed by atoms with Crippen LogP contribution in [0.4, 0.5) is 0 Å². The zero-order chi connectivity index (χ0) is 59.2. The summed E-state index contributed by atoms with van der Waals surface area (Å²) in [5.74, 6) is -0.853. The molecule has 6 heteroatoms. The molecule has 0 N–H and O–H groups in total. The molecule has 0 spiro atoms. The van der Waals surface area contributed by atoms with Gasteiger partial charge in [0.25, 0.3) is 0 Å². The van der Waals surface area contributed by atoms with Crippen LogP contribution in [0.3, 0.4) is 0 Å². The number of unbranched alkanes of at least 4 members (excludes halogenated alkanes) is 46. The van der Waals surface area contributed by atoms with Gasteiger partial charge in [0.05, 0.1) is 0 Å². The highest BCUT2D eigenvalue weighted by Gasteiger charge is 2.19. The maximum atomic E-state index is 12.9. The fourth-order valence-corrected chi connectivity index (χ4v) is 10.8. The molecule has 1 unspecified atom stereocenters. The number of rotatable bonds is 67. The second-order valence-corrected chi connectivity index (χ2v) is 24.5. The maximum absolute atomic E-state index is 12.9. The van der Waals surface area contributed by atoms with Crippen LogP contribution in [0, 0.1) is 0 Å². The van der Waals surface area contributed by atoms with Crippen LogP contribution in [-0.2, 0) is 28.6 Å². The Morgan fingerprint density at radius 2 is 0.488 bits per heavy atom. The lowest BCUT2D eigenvalue weighted by Crippen LogP contribution is -2.30. The van der Waals surface area contributed by atoms with E-state index in [0.29, 0.717) is 19.3 Å². The van der Waals surface area contributed by atoms with Gasteiger partial charge >= 0.3 is 17.9 Å². The van der Waals surface area contributed by atoms with E-state index in [9.17, 15) is 14.4 Å². The number of carbonyl (C=O) groups excluding carboxylic acids is 3. The van der Waals surface area contributed by atoms with Crippen molar-refractivity contribution in [2.45, 2.75) is 393 Å². The summed E-state index contributed by atoms with van der Waals surface area (Å²) >= 11 is 0. The fraction of sp³-hybridized carbons (Fsp3) is 0.829. The highest BCUT2D eigenvalue weighted by molar-refractivity contribution is 5.71. The third kappa shape index (κ3) is 67.9. The molecule has 0 amide bonds. The Hall–Kier alpha value is -2.89. The van der Waals surface area contributed by atoms with Gasteiger partial charge in [0.15, 0.2) is 6.10 Å². The Labute approximate surface area is 510 Å². The van der Waals surface area contributed by atoms with Gasteiger partial charge in [0.1, 0.15) is 13.2 Å². The molecule has 0 heterocycles. The highest BCUT2D eigenvalue weighted by atomic mass is 16.6. The summed E-state index contributed by atoms with van der Waals surface area (Å²) in [6.45, 7) is 6.55. The Kier molecular flexibility index (Phi) is 68.1. The van der Waals surface area contributed by atoms with Gasteiger partial charge in [0, 0.05) is 19.3 Å². The quantitative estimate of drug-likeness (QED) is 0.0261.